The SMILES string of the molecule is CC/C=C\C/C=C\C/C=C\C/C=C\C/C=C\C/C=C\C/C=C\C/C=C\CCCCCCCCCCCCC(=O)OC(COC(=O)CCCCCCC/C=C\C/C=C\CCC)COP(=O)([O-])OCC[N+](C)(C)C. The molecule has 0 fully saturated rings. The number of phosphoric ester groups is 1. The highest BCUT2D eigenvalue weighted by atomic mass is 31.2. The number of esters is 2. The summed E-state index contributed by atoms with van der Waals surface area (Å²) < 4.78 is 34.0. The molecule has 2 atom stereocenters. The fraction of sp³-hybridized carbons (Fsp3) is 0.645. The van der Waals surface area contributed by atoms with Gasteiger partial charge in [0.2, 0.25) is 0 Å². The van der Waals surface area contributed by atoms with Crippen LogP contribution in [-0.2, 0) is 32.7 Å². The summed E-state index contributed by atoms with van der Waals surface area (Å²) in [6, 6.07) is 0. The van der Waals surface area contributed by atoms with Crippen LogP contribution in [0, 0.1) is 0 Å². The molecule has 0 aliphatic carbocycles. The van der Waals surface area contributed by atoms with E-state index in [1.54, 1.807) is 0 Å². The van der Waals surface area contributed by atoms with Gasteiger partial charge in [-0.1, -0.05) is 212 Å². The molecule has 72 heavy (non-hydrogen) atoms. The first-order valence-electron chi connectivity index (χ1n) is 28.2. The minimum atomic E-state index is -4.64. The van der Waals surface area contributed by atoms with Crippen LogP contribution in [0.4, 0.5) is 0 Å². The third kappa shape index (κ3) is 55.7. The minimum absolute atomic E-state index is 0.0399. The topological polar surface area (TPSA) is 111 Å². The number of hydrogen-bond acceptors (Lipinski definition) is 8. The molecule has 0 radical (unpaired) electrons. The zero-order valence-electron chi connectivity index (χ0n) is 46.3. The number of rotatable bonds is 50. The monoisotopic (exact) mass is 1020 g/mol. The van der Waals surface area contributed by atoms with Gasteiger partial charge in [0.15, 0.2) is 6.10 Å². The van der Waals surface area contributed by atoms with E-state index in [0.717, 1.165) is 122 Å². The molecule has 0 saturated carbocycles. The van der Waals surface area contributed by atoms with Crippen LogP contribution >= 0.6 is 7.82 Å². The quantitative estimate of drug-likeness (QED) is 0.0195. The van der Waals surface area contributed by atoms with Crippen LogP contribution < -0.4 is 4.89 Å². The summed E-state index contributed by atoms with van der Waals surface area (Å²) >= 11 is 0. The van der Waals surface area contributed by atoms with Crippen LogP contribution in [0.15, 0.2) is 122 Å². The lowest BCUT2D eigenvalue weighted by Gasteiger charge is -2.28. The number of hydrogen-bond donors (Lipinski definition) is 0. The molecule has 0 aliphatic heterocycles. The molecule has 0 heterocycles. The molecule has 10 heteroatoms. The third-order valence-electron chi connectivity index (χ3n) is 11.4. The van der Waals surface area contributed by atoms with E-state index in [1.807, 2.05) is 21.1 Å². The zero-order valence-corrected chi connectivity index (χ0v) is 47.2. The largest absolute Gasteiger partial charge is 0.756 e. The van der Waals surface area contributed by atoms with Gasteiger partial charge in [-0.25, -0.2) is 0 Å². The third-order valence-corrected chi connectivity index (χ3v) is 12.4. The molecule has 0 spiro atoms. The predicted molar refractivity (Wildman–Crippen MR) is 305 cm³/mol. The van der Waals surface area contributed by atoms with E-state index in [-0.39, 0.29) is 26.1 Å². The van der Waals surface area contributed by atoms with Gasteiger partial charge < -0.3 is 27.9 Å². The molecule has 0 saturated heterocycles. The Bertz CT molecular complexity index is 1630. The summed E-state index contributed by atoms with van der Waals surface area (Å²) in [7, 11) is 1.14. The second kappa shape index (κ2) is 52.3. The fourth-order valence-corrected chi connectivity index (χ4v) is 7.85. The van der Waals surface area contributed by atoms with Crippen molar-refractivity contribution in [2.75, 3.05) is 47.5 Å². The van der Waals surface area contributed by atoms with Crippen LogP contribution in [0.1, 0.15) is 206 Å². The number of carbonyl (C=O) groups is 2. The Hall–Kier alpha value is -3.59. The smallest absolute Gasteiger partial charge is 0.306 e. The Morgan fingerprint density at radius 3 is 1.18 bits per heavy atom. The summed E-state index contributed by atoms with van der Waals surface area (Å²) in [5.74, 6) is -0.864. The summed E-state index contributed by atoms with van der Waals surface area (Å²) in [6.45, 7) is 4.01. The lowest BCUT2D eigenvalue weighted by atomic mass is 10.0. The highest BCUT2D eigenvalue weighted by Crippen LogP contribution is 2.38. The Kier molecular flexibility index (Phi) is 49.7. The van der Waals surface area contributed by atoms with Crippen molar-refractivity contribution in [1.29, 1.82) is 0 Å². The van der Waals surface area contributed by atoms with E-state index in [9.17, 15) is 19.0 Å². The molecule has 0 aromatic carbocycles. The number of ether oxygens (including phenoxy) is 2. The number of likely N-dealkylation sites (N-methyl/N-ethyl adjacent to an activating group) is 1. The first-order chi connectivity index (χ1) is 35.0. The Morgan fingerprint density at radius 2 is 0.792 bits per heavy atom. The van der Waals surface area contributed by atoms with Crippen molar-refractivity contribution < 1.29 is 42.1 Å². The van der Waals surface area contributed by atoms with Crippen molar-refractivity contribution >= 4 is 19.8 Å². The fourth-order valence-electron chi connectivity index (χ4n) is 7.12. The maximum absolute atomic E-state index is 12.8. The van der Waals surface area contributed by atoms with Crippen molar-refractivity contribution in [1.82, 2.24) is 0 Å². The van der Waals surface area contributed by atoms with Gasteiger partial charge in [0, 0.05) is 12.8 Å². The van der Waals surface area contributed by atoms with Crippen molar-refractivity contribution in [3.05, 3.63) is 122 Å². The molecule has 0 aliphatic rings. The molecule has 0 aromatic rings. The number of allylic oxidation sites excluding steroid dienone is 20. The van der Waals surface area contributed by atoms with Gasteiger partial charge in [-0.15, -0.1) is 0 Å². The first-order valence-corrected chi connectivity index (χ1v) is 29.7. The van der Waals surface area contributed by atoms with Gasteiger partial charge in [-0.2, -0.15) is 0 Å². The molecule has 9 nitrogen and oxygen atoms in total. The molecule has 410 valence electrons. The number of phosphoric acid groups is 1. The minimum Gasteiger partial charge on any atom is -0.756 e. The number of unbranched alkanes of at least 4 members (excludes halogenated alkanes) is 16. The summed E-state index contributed by atoms with van der Waals surface area (Å²) in [6.07, 6.45) is 73.9. The van der Waals surface area contributed by atoms with Crippen LogP contribution in [0.5, 0.6) is 0 Å². The van der Waals surface area contributed by atoms with Gasteiger partial charge in [0.25, 0.3) is 7.82 Å². The van der Waals surface area contributed by atoms with Gasteiger partial charge in [-0.05, 0) is 103 Å². The lowest BCUT2D eigenvalue weighted by molar-refractivity contribution is -0.870. The van der Waals surface area contributed by atoms with Crippen molar-refractivity contribution in [3.8, 4) is 0 Å². The Balaban J connectivity index is 4.14. The van der Waals surface area contributed by atoms with E-state index in [4.69, 9.17) is 18.5 Å². The second-order valence-electron chi connectivity index (χ2n) is 19.6. The Labute approximate surface area is 441 Å². The van der Waals surface area contributed by atoms with Crippen molar-refractivity contribution in [2.45, 2.75) is 213 Å². The van der Waals surface area contributed by atoms with Crippen LogP contribution in [0.2, 0.25) is 0 Å². The van der Waals surface area contributed by atoms with E-state index in [2.05, 4.69) is 135 Å². The molecular weight excluding hydrogens is 918 g/mol. The average Bonchev–Trinajstić information content (AvgIpc) is 3.34. The van der Waals surface area contributed by atoms with Crippen molar-refractivity contribution in [3.63, 3.8) is 0 Å². The predicted octanol–water partition coefficient (Wildman–Crippen LogP) is 17.0. The van der Waals surface area contributed by atoms with E-state index in [1.165, 1.54) is 44.9 Å². The van der Waals surface area contributed by atoms with Crippen LogP contribution in [-0.4, -0.2) is 70.0 Å². The normalized spacial score (nSPS) is 14.2. The highest BCUT2D eigenvalue weighted by molar-refractivity contribution is 7.45. The maximum Gasteiger partial charge on any atom is 0.306 e. The van der Waals surface area contributed by atoms with E-state index < -0.39 is 32.5 Å². The number of carbonyl (C=O) groups excluding carboxylic acids is 2. The van der Waals surface area contributed by atoms with E-state index >= 15 is 0 Å². The van der Waals surface area contributed by atoms with Crippen molar-refractivity contribution in [2.24, 2.45) is 0 Å². The maximum atomic E-state index is 12.8. The number of quaternary nitrogens is 1. The van der Waals surface area contributed by atoms with E-state index in [0.29, 0.717) is 23.9 Å². The second-order valence-corrected chi connectivity index (χ2v) is 21.0. The first kappa shape index (κ1) is 68.4. The molecule has 0 amide bonds. The average molecular weight is 1020 g/mol. The molecule has 0 rings (SSSR count). The lowest BCUT2D eigenvalue weighted by Crippen LogP contribution is -2.37. The summed E-state index contributed by atoms with van der Waals surface area (Å²) in [4.78, 5) is 37.7. The van der Waals surface area contributed by atoms with Gasteiger partial charge >= 0.3 is 11.9 Å². The van der Waals surface area contributed by atoms with Gasteiger partial charge in [0.1, 0.15) is 19.8 Å². The molecule has 0 bridgehead atoms. The molecular formula is C62H104NO8P. The van der Waals surface area contributed by atoms with Crippen LogP contribution in [0.25, 0.3) is 0 Å². The summed E-state index contributed by atoms with van der Waals surface area (Å²) in [5, 5.41) is 0. The Morgan fingerprint density at radius 1 is 0.444 bits per heavy atom. The highest BCUT2D eigenvalue weighted by Gasteiger charge is 2.21. The van der Waals surface area contributed by atoms with Gasteiger partial charge in [0.05, 0.1) is 27.7 Å². The molecule has 2 unspecified atom stereocenters. The summed E-state index contributed by atoms with van der Waals surface area (Å²) in [5.41, 5.74) is 0. The standard InChI is InChI=1S/C62H104NO8P/c1-6-8-10-12-14-16-18-20-21-22-23-24-25-26-27-28-29-30-31-32-33-34-35-36-37-38-39-40-41-43-45-47-49-51-53-55-62(65)71-60(59-70-72(66,67)69-57-56-63(3,4)5)58-68-61(64)54-52-50-48-46-44-42-19-17-15-13-11-9-7-2/h8,10-11,13-14,16-17,19-21,23-24,26-27,29-30,32-33,35-36,60H,6-7,9,12,15,18,22,25,28,31,34,37-59H2,1-5H3/b10-8-,13-11-,16-14-,19-17-,21-20-,24-23-,27-26-,30-29-,33-32-,36-35-. The van der Waals surface area contributed by atoms with Gasteiger partial charge in [-0.3, -0.25) is 14.2 Å². The zero-order chi connectivity index (χ0) is 52.7. The van der Waals surface area contributed by atoms with Crippen LogP contribution in [0.3, 0.4) is 0 Å². The molecule has 0 aromatic heterocycles. The molecule has 0 N–H and O–H groups in total. The number of nitrogens with zero attached hydrogens (tertiary/aromatic N) is 1.